The number of rotatable bonds is 6. The lowest BCUT2D eigenvalue weighted by atomic mass is 10.1. The van der Waals surface area contributed by atoms with Crippen molar-refractivity contribution in [2.24, 2.45) is 0 Å². The molecular formula is C18H17N3O6S. The molecule has 0 bridgehead atoms. The second kappa shape index (κ2) is 7.69. The fraction of sp³-hybridized carbons (Fsp3) is 0.167. The van der Waals surface area contributed by atoms with Gasteiger partial charge in [0, 0.05) is 6.26 Å². The quantitative estimate of drug-likeness (QED) is 0.666. The number of carbonyl (C=O) groups excluding carboxylic acids is 1. The lowest BCUT2D eigenvalue weighted by molar-refractivity contribution is 0.102. The first-order valence-corrected chi connectivity index (χ1v) is 9.89. The lowest BCUT2D eigenvalue weighted by Gasteiger charge is -2.11. The summed E-state index contributed by atoms with van der Waals surface area (Å²) in [6, 6.07) is 10.9. The van der Waals surface area contributed by atoms with Crippen molar-refractivity contribution in [3.63, 3.8) is 0 Å². The fourth-order valence-electron chi connectivity index (χ4n) is 2.58. The molecule has 0 aliphatic heterocycles. The Morgan fingerprint density at radius 3 is 2.46 bits per heavy atom. The van der Waals surface area contributed by atoms with Gasteiger partial charge in [0.15, 0.2) is 21.3 Å². The molecule has 3 aromatic rings. The summed E-state index contributed by atoms with van der Waals surface area (Å²) >= 11 is 0. The first-order chi connectivity index (χ1) is 13.3. The molecule has 0 fully saturated rings. The van der Waals surface area contributed by atoms with E-state index in [1.165, 1.54) is 20.3 Å². The van der Waals surface area contributed by atoms with Crippen molar-refractivity contribution < 1.29 is 27.1 Å². The van der Waals surface area contributed by atoms with E-state index in [9.17, 15) is 13.2 Å². The zero-order valence-electron chi connectivity index (χ0n) is 15.3. The molecule has 146 valence electrons. The summed E-state index contributed by atoms with van der Waals surface area (Å²) in [6.07, 6.45) is 1.08. The second-order valence-corrected chi connectivity index (χ2v) is 7.66. The number of anilines is 1. The smallest absolute Gasteiger partial charge is 0.322 e. The van der Waals surface area contributed by atoms with E-state index in [-0.39, 0.29) is 33.7 Å². The molecule has 1 amide bonds. The van der Waals surface area contributed by atoms with E-state index in [0.717, 1.165) is 6.26 Å². The van der Waals surface area contributed by atoms with Crippen LogP contribution in [0.2, 0.25) is 0 Å². The van der Waals surface area contributed by atoms with E-state index < -0.39 is 15.7 Å². The van der Waals surface area contributed by atoms with Crippen LogP contribution in [0, 0.1) is 0 Å². The maximum absolute atomic E-state index is 12.6. The summed E-state index contributed by atoms with van der Waals surface area (Å²) in [5, 5.41) is 10.1. The number of ether oxygens (including phenoxy) is 2. The molecule has 10 heteroatoms. The van der Waals surface area contributed by atoms with Crippen molar-refractivity contribution in [1.82, 2.24) is 10.2 Å². The highest BCUT2D eigenvalue weighted by Gasteiger charge is 2.21. The van der Waals surface area contributed by atoms with Gasteiger partial charge < -0.3 is 13.9 Å². The Labute approximate surface area is 161 Å². The van der Waals surface area contributed by atoms with Gasteiger partial charge in [0.05, 0.1) is 30.2 Å². The van der Waals surface area contributed by atoms with Gasteiger partial charge in [-0.3, -0.25) is 10.1 Å². The summed E-state index contributed by atoms with van der Waals surface area (Å²) in [4.78, 5) is 12.6. The van der Waals surface area contributed by atoms with E-state index in [1.807, 2.05) is 0 Å². The van der Waals surface area contributed by atoms with Crippen LogP contribution >= 0.6 is 0 Å². The van der Waals surface area contributed by atoms with Crippen molar-refractivity contribution in [3.8, 4) is 23.0 Å². The number of nitrogens with zero attached hydrogens (tertiary/aromatic N) is 2. The molecule has 28 heavy (non-hydrogen) atoms. The summed E-state index contributed by atoms with van der Waals surface area (Å²) in [7, 11) is -0.621. The van der Waals surface area contributed by atoms with Crippen molar-refractivity contribution in [3.05, 3.63) is 48.0 Å². The molecule has 3 rings (SSSR count). The highest BCUT2D eigenvalue weighted by molar-refractivity contribution is 7.90. The largest absolute Gasteiger partial charge is 0.493 e. The number of carbonyl (C=O) groups is 1. The SMILES string of the molecule is COc1cccc(C(=O)Nc2nnc(-c3ccccc3S(C)(=O)=O)o2)c1OC. The van der Waals surface area contributed by atoms with Crippen LogP contribution in [0.25, 0.3) is 11.5 Å². The first kappa shape index (κ1) is 19.4. The Hall–Kier alpha value is -3.40. The zero-order valence-corrected chi connectivity index (χ0v) is 16.1. The monoisotopic (exact) mass is 403 g/mol. The molecule has 0 atom stereocenters. The molecule has 0 aliphatic carbocycles. The first-order valence-electron chi connectivity index (χ1n) is 8.00. The van der Waals surface area contributed by atoms with Gasteiger partial charge >= 0.3 is 6.01 Å². The number of amides is 1. The van der Waals surface area contributed by atoms with Gasteiger partial charge in [-0.2, -0.15) is 0 Å². The number of methoxy groups -OCH3 is 2. The molecule has 9 nitrogen and oxygen atoms in total. The highest BCUT2D eigenvalue weighted by Crippen LogP contribution is 2.31. The van der Waals surface area contributed by atoms with Crippen LogP contribution < -0.4 is 14.8 Å². The van der Waals surface area contributed by atoms with Gasteiger partial charge in [0.25, 0.3) is 11.8 Å². The third-order valence-corrected chi connectivity index (χ3v) is 4.96. The molecule has 2 aromatic carbocycles. The van der Waals surface area contributed by atoms with Gasteiger partial charge in [-0.25, -0.2) is 8.42 Å². The Morgan fingerprint density at radius 1 is 1.04 bits per heavy atom. The number of sulfone groups is 1. The zero-order chi connectivity index (χ0) is 20.3. The fourth-order valence-corrected chi connectivity index (χ4v) is 3.46. The maximum atomic E-state index is 12.6. The van der Waals surface area contributed by atoms with Crippen LogP contribution in [0.5, 0.6) is 11.5 Å². The molecule has 0 saturated carbocycles. The van der Waals surface area contributed by atoms with Crippen molar-refractivity contribution in [1.29, 1.82) is 0 Å². The predicted molar refractivity (Wildman–Crippen MR) is 100 cm³/mol. The van der Waals surface area contributed by atoms with Gasteiger partial charge in [0.1, 0.15) is 0 Å². The lowest BCUT2D eigenvalue weighted by Crippen LogP contribution is -2.13. The number of hydrogen-bond donors (Lipinski definition) is 1. The molecular weight excluding hydrogens is 386 g/mol. The minimum atomic E-state index is -3.50. The predicted octanol–water partition coefficient (Wildman–Crippen LogP) is 2.41. The summed E-state index contributed by atoms with van der Waals surface area (Å²) < 4.78 is 39.7. The molecule has 0 aliphatic rings. The van der Waals surface area contributed by atoms with Crippen molar-refractivity contribution in [2.45, 2.75) is 4.90 Å². The van der Waals surface area contributed by atoms with Crippen molar-refractivity contribution in [2.75, 3.05) is 25.8 Å². The normalized spacial score (nSPS) is 11.1. The van der Waals surface area contributed by atoms with Crippen LogP contribution in [0.3, 0.4) is 0 Å². The number of para-hydroxylation sites is 1. The highest BCUT2D eigenvalue weighted by atomic mass is 32.2. The van der Waals surface area contributed by atoms with E-state index >= 15 is 0 Å². The minimum absolute atomic E-state index is 0.0334. The van der Waals surface area contributed by atoms with Gasteiger partial charge in [-0.15, -0.1) is 5.10 Å². The summed E-state index contributed by atoms with van der Waals surface area (Å²) in [5.74, 6) is 0.0596. The van der Waals surface area contributed by atoms with Crippen LogP contribution in [0.15, 0.2) is 51.8 Å². The molecule has 0 radical (unpaired) electrons. The third kappa shape index (κ3) is 3.81. The minimum Gasteiger partial charge on any atom is -0.493 e. The van der Waals surface area contributed by atoms with E-state index in [4.69, 9.17) is 13.9 Å². The molecule has 0 saturated heterocycles. The molecule has 0 spiro atoms. The molecule has 1 aromatic heterocycles. The standard InChI is InChI=1S/C18H17N3O6S/c1-25-13-9-6-8-12(15(13)26-2)16(22)19-18-21-20-17(27-18)11-7-4-5-10-14(11)28(3,23)24/h4-10H,1-3H3,(H,19,21,22). The average Bonchev–Trinajstić information content (AvgIpc) is 3.14. The van der Waals surface area contributed by atoms with Gasteiger partial charge in [-0.05, 0) is 24.3 Å². The Balaban J connectivity index is 1.90. The van der Waals surface area contributed by atoms with Crippen LogP contribution in [0.4, 0.5) is 6.01 Å². The van der Waals surface area contributed by atoms with E-state index in [1.54, 1.807) is 36.4 Å². The Morgan fingerprint density at radius 2 is 1.79 bits per heavy atom. The number of aromatic nitrogens is 2. The second-order valence-electron chi connectivity index (χ2n) is 5.68. The summed E-state index contributed by atoms with van der Waals surface area (Å²) in [5.41, 5.74) is 0.454. The Kier molecular flexibility index (Phi) is 5.32. The van der Waals surface area contributed by atoms with Crippen molar-refractivity contribution >= 4 is 21.8 Å². The number of nitrogens with one attached hydrogen (secondary N) is 1. The van der Waals surface area contributed by atoms with Gasteiger partial charge in [0.2, 0.25) is 0 Å². The number of hydrogen-bond acceptors (Lipinski definition) is 8. The van der Waals surface area contributed by atoms with E-state index in [0.29, 0.717) is 5.75 Å². The van der Waals surface area contributed by atoms with Gasteiger partial charge in [-0.1, -0.05) is 23.3 Å². The topological polar surface area (TPSA) is 121 Å². The van der Waals surface area contributed by atoms with Crippen LogP contribution in [-0.2, 0) is 9.84 Å². The summed E-state index contributed by atoms with van der Waals surface area (Å²) in [6.45, 7) is 0. The molecule has 1 heterocycles. The average molecular weight is 403 g/mol. The van der Waals surface area contributed by atoms with Crippen LogP contribution in [-0.4, -0.2) is 45.0 Å². The molecule has 1 N–H and O–H groups in total. The maximum Gasteiger partial charge on any atom is 0.322 e. The van der Waals surface area contributed by atoms with Crippen LogP contribution in [0.1, 0.15) is 10.4 Å². The Bertz CT molecular complexity index is 1120. The molecule has 0 unspecified atom stereocenters. The number of benzene rings is 2. The third-order valence-electron chi connectivity index (χ3n) is 3.81. The van der Waals surface area contributed by atoms with E-state index in [2.05, 4.69) is 15.5 Å².